The van der Waals surface area contributed by atoms with E-state index in [0.717, 1.165) is 22.6 Å². The zero-order valence-electron chi connectivity index (χ0n) is 15.3. The minimum atomic E-state index is -0.184. The summed E-state index contributed by atoms with van der Waals surface area (Å²) in [6.07, 6.45) is 1.23. The quantitative estimate of drug-likeness (QED) is 0.841. The van der Waals surface area contributed by atoms with Crippen molar-refractivity contribution in [3.05, 3.63) is 53.6 Å². The molecule has 0 spiro atoms. The maximum atomic E-state index is 12.9. The Morgan fingerprint density at radius 1 is 1.04 bits per heavy atom. The molecule has 2 aromatic carbocycles. The number of carbonyl (C=O) groups excluding carboxylic acids is 2. The maximum absolute atomic E-state index is 12.9. The largest absolute Gasteiger partial charge is 0.497 e. The Balaban J connectivity index is 2.04. The maximum Gasteiger partial charge on any atom is 0.234 e. The molecule has 5 nitrogen and oxygen atoms in total. The molecule has 0 saturated heterocycles. The molecule has 1 aliphatic heterocycles. The van der Waals surface area contributed by atoms with Crippen LogP contribution in [0.3, 0.4) is 0 Å². The highest BCUT2D eigenvalue weighted by Crippen LogP contribution is 2.37. The van der Waals surface area contributed by atoms with Crippen LogP contribution < -0.4 is 14.4 Å². The Morgan fingerprint density at radius 3 is 2.31 bits per heavy atom. The van der Waals surface area contributed by atoms with Crippen molar-refractivity contribution < 1.29 is 19.1 Å². The molecule has 1 aliphatic rings. The summed E-state index contributed by atoms with van der Waals surface area (Å²) in [5, 5.41) is 0. The molecule has 1 atom stereocenters. The predicted octanol–water partition coefficient (Wildman–Crippen LogP) is 3.70. The standard InChI is InChI=1S/C21H23NO4/c1-4-20(23)22-19-10-9-18(26-3)12-16(19)11-15(13-21(22)24)14-5-7-17(25-2)8-6-14/h5-10,12,15H,4,11,13H2,1-3H3. The lowest BCUT2D eigenvalue weighted by molar-refractivity contribution is -0.126. The summed E-state index contributed by atoms with van der Waals surface area (Å²) in [4.78, 5) is 26.7. The number of anilines is 1. The number of fused-ring (bicyclic) bond motifs is 1. The van der Waals surface area contributed by atoms with Crippen molar-refractivity contribution in [1.29, 1.82) is 0 Å². The van der Waals surface area contributed by atoms with Gasteiger partial charge in [0.1, 0.15) is 11.5 Å². The molecular weight excluding hydrogens is 330 g/mol. The van der Waals surface area contributed by atoms with Gasteiger partial charge in [-0.2, -0.15) is 0 Å². The van der Waals surface area contributed by atoms with E-state index >= 15 is 0 Å². The molecule has 26 heavy (non-hydrogen) atoms. The van der Waals surface area contributed by atoms with Crippen LogP contribution in [0.4, 0.5) is 5.69 Å². The third-order valence-corrected chi connectivity index (χ3v) is 4.80. The van der Waals surface area contributed by atoms with Gasteiger partial charge in [0.05, 0.1) is 19.9 Å². The van der Waals surface area contributed by atoms with Crippen molar-refractivity contribution in [3.63, 3.8) is 0 Å². The average molecular weight is 353 g/mol. The molecule has 0 N–H and O–H groups in total. The summed E-state index contributed by atoms with van der Waals surface area (Å²) in [6.45, 7) is 1.77. The van der Waals surface area contributed by atoms with Gasteiger partial charge in [0.2, 0.25) is 11.8 Å². The summed E-state index contributed by atoms with van der Waals surface area (Å²) in [5.74, 6) is 1.14. The second-order valence-electron chi connectivity index (χ2n) is 6.35. The molecule has 2 aromatic rings. The molecule has 0 fully saturated rings. The zero-order valence-corrected chi connectivity index (χ0v) is 15.3. The van der Waals surface area contributed by atoms with Crippen LogP contribution in [-0.2, 0) is 16.0 Å². The fourth-order valence-corrected chi connectivity index (χ4v) is 3.39. The molecule has 0 bridgehead atoms. The number of benzene rings is 2. The number of ether oxygens (including phenoxy) is 2. The van der Waals surface area contributed by atoms with Crippen LogP contribution in [-0.4, -0.2) is 26.0 Å². The number of hydrogen-bond donors (Lipinski definition) is 0. The lowest BCUT2D eigenvalue weighted by atomic mass is 9.89. The van der Waals surface area contributed by atoms with Crippen LogP contribution in [0.5, 0.6) is 11.5 Å². The fraction of sp³-hybridized carbons (Fsp3) is 0.333. The number of hydrogen-bond acceptors (Lipinski definition) is 4. The lowest BCUT2D eigenvalue weighted by Crippen LogP contribution is -2.36. The van der Waals surface area contributed by atoms with Crippen molar-refractivity contribution in [2.45, 2.75) is 32.1 Å². The summed E-state index contributed by atoms with van der Waals surface area (Å²) in [6, 6.07) is 13.3. The van der Waals surface area contributed by atoms with Crippen LogP contribution >= 0.6 is 0 Å². The highest BCUT2D eigenvalue weighted by atomic mass is 16.5. The minimum Gasteiger partial charge on any atom is -0.497 e. The molecule has 5 heteroatoms. The van der Waals surface area contributed by atoms with E-state index in [1.54, 1.807) is 33.3 Å². The number of carbonyl (C=O) groups is 2. The number of imide groups is 1. The summed E-state index contributed by atoms with van der Waals surface area (Å²) in [5.41, 5.74) is 2.66. The molecule has 1 heterocycles. The summed E-state index contributed by atoms with van der Waals surface area (Å²) in [7, 11) is 3.24. The highest BCUT2D eigenvalue weighted by Gasteiger charge is 2.32. The van der Waals surface area contributed by atoms with Crippen molar-refractivity contribution in [3.8, 4) is 11.5 Å². The second-order valence-corrected chi connectivity index (χ2v) is 6.35. The van der Waals surface area contributed by atoms with Crippen LogP contribution in [0.1, 0.15) is 36.8 Å². The monoisotopic (exact) mass is 353 g/mol. The van der Waals surface area contributed by atoms with Gasteiger partial charge < -0.3 is 9.47 Å². The van der Waals surface area contributed by atoms with Gasteiger partial charge in [-0.1, -0.05) is 19.1 Å². The number of nitrogens with zero attached hydrogens (tertiary/aromatic N) is 1. The second kappa shape index (κ2) is 7.60. The van der Waals surface area contributed by atoms with Crippen LogP contribution in [0.15, 0.2) is 42.5 Å². The molecule has 0 aromatic heterocycles. The van der Waals surface area contributed by atoms with Gasteiger partial charge >= 0.3 is 0 Å². The van der Waals surface area contributed by atoms with Gasteiger partial charge in [0, 0.05) is 12.8 Å². The lowest BCUT2D eigenvalue weighted by Gasteiger charge is -2.21. The van der Waals surface area contributed by atoms with E-state index in [9.17, 15) is 9.59 Å². The Labute approximate surface area is 153 Å². The smallest absolute Gasteiger partial charge is 0.234 e. The van der Waals surface area contributed by atoms with Crippen LogP contribution in [0.25, 0.3) is 0 Å². The fourth-order valence-electron chi connectivity index (χ4n) is 3.39. The van der Waals surface area contributed by atoms with E-state index in [1.165, 1.54) is 4.90 Å². The summed E-state index contributed by atoms with van der Waals surface area (Å²) >= 11 is 0. The predicted molar refractivity (Wildman–Crippen MR) is 99.8 cm³/mol. The third-order valence-electron chi connectivity index (χ3n) is 4.80. The van der Waals surface area contributed by atoms with Crippen molar-refractivity contribution in [2.75, 3.05) is 19.1 Å². The van der Waals surface area contributed by atoms with Gasteiger partial charge in [-0.05, 0) is 53.8 Å². The Bertz CT molecular complexity index is 813. The van der Waals surface area contributed by atoms with Gasteiger partial charge in [-0.15, -0.1) is 0 Å². The van der Waals surface area contributed by atoms with Crippen LogP contribution in [0, 0.1) is 0 Å². The Morgan fingerprint density at radius 2 is 1.69 bits per heavy atom. The first-order valence-electron chi connectivity index (χ1n) is 8.74. The van der Waals surface area contributed by atoms with Crippen molar-refractivity contribution >= 4 is 17.5 Å². The van der Waals surface area contributed by atoms with Gasteiger partial charge in [-0.25, -0.2) is 0 Å². The van der Waals surface area contributed by atoms with E-state index < -0.39 is 0 Å². The molecular formula is C21H23NO4. The van der Waals surface area contributed by atoms with Crippen LogP contribution in [0.2, 0.25) is 0 Å². The molecule has 136 valence electrons. The molecule has 2 amide bonds. The Kier molecular flexibility index (Phi) is 5.26. The molecule has 1 unspecified atom stereocenters. The third kappa shape index (κ3) is 3.43. The van der Waals surface area contributed by atoms with E-state index in [0.29, 0.717) is 12.1 Å². The van der Waals surface area contributed by atoms with E-state index in [2.05, 4.69) is 0 Å². The van der Waals surface area contributed by atoms with Gasteiger partial charge in [-0.3, -0.25) is 14.5 Å². The first-order valence-corrected chi connectivity index (χ1v) is 8.74. The average Bonchev–Trinajstić information content (AvgIpc) is 2.82. The molecule has 3 rings (SSSR count). The molecule has 0 saturated carbocycles. The topological polar surface area (TPSA) is 55.8 Å². The Hall–Kier alpha value is -2.82. The minimum absolute atomic E-state index is 0.00563. The first-order chi connectivity index (χ1) is 12.6. The van der Waals surface area contributed by atoms with Gasteiger partial charge in [0.25, 0.3) is 0 Å². The summed E-state index contributed by atoms with van der Waals surface area (Å²) < 4.78 is 10.6. The SMILES string of the molecule is CCC(=O)N1C(=O)CC(c2ccc(OC)cc2)Cc2cc(OC)ccc21. The van der Waals surface area contributed by atoms with E-state index in [4.69, 9.17) is 9.47 Å². The van der Waals surface area contributed by atoms with Gasteiger partial charge in [0.15, 0.2) is 0 Å². The van der Waals surface area contributed by atoms with Crippen molar-refractivity contribution in [1.82, 2.24) is 0 Å². The molecule has 0 radical (unpaired) electrons. The molecule has 0 aliphatic carbocycles. The highest BCUT2D eigenvalue weighted by molar-refractivity contribution is 6.15. The number of amides is 2. The zero-order chi connectivity index (χ0) is 18.7. The van der Waals surface area contributed by atoms with Crippen molar-refractivity contribution in [2.24, 2.45) is 0 Å². The van der Waals surface area contributed by atoms with E-state index in [1.807, 2.05) is 30.3 Å². The first kappa shape index (κ1) is 18.0. The van der Waals surface area contributed by atoms with E-state index in [-0.39, 0.29) is 30.6 Å². The number of rotatable bonds is 4. The number of methoxy groups -OCH3 is 2. The normalized spacial score (nSPS) is 16.7.